The lowest BCUT2D eigenvalue weighted by Gasteiger charge is -2.10. The van der Waals surface area contributed by atoms with E-state index < -0.39 is 5.91 Å². The van der Waals surface area contributed by atoms with Crippen molar-refractivity contribution >= 4 is 28.3 Å². The van der Waals surface area contributed by atoms with Gasteiger partial charge in [0.25, 0.3) is 5.91 Å². The number of nitrogens with zero attached hydrogens (tertiary/aromatic N) is 3. The number of para-hydroxylation sites is 1. The molecule has 0 bridgehead atoms. The van der Waals surface area contributed by atoms with E-state index in [-0.39, 0.29) is 11.4 Å². The molecule has 0 unspecified atom stereocenters. The van der Waals surface area contributed by atoms with Crippen LogP contribution in [0.1, 0.15) is 45.8 Å². The Hall–Kier alpha value is -3.68. The van der Waals surface area contributed by atoms with Gasteiger partial charge in [-0.25, -0.2) is 4.39 Å². The average Bonchev–Trinajstić information content (AvgIpc) is 3.27. The van der Waals surface area contributed by atoms with Crippen molar-refractivity contribution in [3.05, 3.63) is 74.7 Å². The molecule has 1 aliphatic carbocycles. The van der Waals surface area contributed by atoms with Crippen molar-refractivity contribution in [3.63, 3.8) is 0 Å². The zero-order valence-electron chi connectivity index (χ0n) is 17.8. The van der Waals surface area contributed by atoms with Gasteiger partial charge in [0.05, 0.1) is 11.3 Å². The summed E-state index contributed by atoms with van der Waals surface area (Å²) in [5.74, 6) is -0.910. The second-order valence-electron chi connectivity index (χ2n) is 7.76. The van der Waals surface area contributed by atoms with Gasteiger partial charge in [0.15, 0.2) is 0 Å². The fraction of sp³-hybridized carbons (Fsp3) is 0.240. The van der Waals surface area contributed by atoms with Crippen LogP contribution < -0.4 is 5.32 Å². The monoisotopic (exact) mass is 444 g/mol. The number of anilines is 1. The molecule has 0 radical (unpaired) electrons. The fourth-order valence-electron chi connectivity index (χ4n) is 4.18. The number of nitriles is 2. The molecule has 2 aromatic heterocycles. The van der Waals surface area contributed by atoms with Crippen molar-refractivity contribution in [1.82, 2.24) is 4.57 Å². The predicted molar refractivity (Wildman–Crippen MR) is 123 cm³/mol. The Kier molecular flexibility index (Phi) is 5.94. The summed E-state index contributed by atoms with van der Waals surface area (Å²) in [6.45, 7) is 3.66. The molecule has 0 fully saturated rings. The Morgan fingerprint density at radius 1 is 1.22 bits per heavy atom. The van der Waals surface area contributed by atoms with Crippen molar-refractivity contribution in [2.75, 3.05) is 5.32 Å². The number of rotatable bonds is 4. The minimum absolute atomic E-state index is 0.0750. The zero-order chi connectivity index (χ0) is 22.8. The number of amides is 1. The summed E-state index contributed by atoms with van der Waals surface area (Å²) >= 11 is 1.42. The van der Waals surface area contributed by atoms with E-state index in [2.05, 4.69) is 11.4 Å². The number of nitrogens with one attached hydrogen (secondary N) is 1. The summed E-state index contributed by atoms with van der Waals surface area (Å²) in [6, 6.07) is 12.5. The lowest BCUT2D eigenvalue weighted by Crippen LogP contribution is -2.13. The van der Waals surface area contributed by atoms with Crippen LogP contribution in [0.25, 0.3) is 11.8 Å². The van der Waals surface area contributed by atoms with Gasteiger partial charge >= 0.3 is 0 Å². The second-order valence-corrected chi connectivity index (χ2v) is 8.87. The minimum atomic E-state index is -0.557. The molecule has 0 aliphatic heterocycles. The molecule has 160 valence electrons. The van der Waals surface area contributed by atoms with E-state index in [1.165, 1.54) is 23.5 Å². The van der Waals surface area contributed by atoms with Crippen LogP contribution in [-0.4, -0.2) is 10.5 Å². The average molecular weight is 445 g/mol. The van der Waals surface area contributed by atoms with Gasteiger partial charge in [0, 0.05) is 16.3 Å². The standard InChI is InChI=1S/C25H21FN4OS/c1-15-11-17(16(2)30(15)22-9-5-4-8-21(22)26)12-18(13-27)24(31)29-25-20(14-28)19-7-3-6-10-23(19)32-25/h4-5,8-9,11-12H,3,6-7,10H2,1-2H3,(H,29,31)/b18-12+. The molecule has 4 rings (SSSR count). The molecule has 1 N–H and O–H groups in total. The second kappa shape index (κ2) is 8.82. The number of thiophene rings is 1. The third kappa shape index (κ3) is 3.84. The molecule has 1 aromatic carbocycles. The summed E-state index contributed by atoms with van der Waals surface area (Å²) in [6.07, 6.45) is 5.37. The number of carbonyl (C=O) groups is 1. The molecule has 32 heavy (non-hydrogen) atoms. The lowest BCUT2D eigenvalue weighted by atomic mass is 9.96. The van der Waals surface area contributed by atoms with Gasteiger partial charge < -0.3 is 9.88 Å². The smallest absolute Gasteiger partial charge is 0.266 e. The molecule has 2 heterocycles. The van der Waals surface area contributed by atoms with E-state index in [4.69, 9.17) is 0 Å². The number of aryl methyl sites for hydroxylation is 2. The van der Waals surface area contributed by atoms with Gasteiger partial charge in [-0.3, -0.25) is 4.79 Å². The van der Waals surface area contributed by atoms with Crippen molar-refractivity contribution in [1.29, 1.82) is 10.5 Å². The summed E-state index contributed by atoms with van der Waals surface area (Å²) in [5, 5.41) is 22.5. The molecule has 1 aliphatic rings. The maximum absolute atomic E-state index is 14.3. The Morgan fingerprint density at radius 3 is 2.69 bits per heavy atom. The number of halogens is 1. The van der Waals surface area contributed by atoms with Crippen LogP contribution in [0.2, 0.25) is 0 Å². The van der Waals surface area contributed by atoms with Gasteiger partial charge in [0.1, 0.15) is 28.5 Å². The summed E-state index contributed by atoms with van der Waals surface area (Å²) in [5.41, 5.74) is 4.03. The van der Waals surface area contributed by atoms with E-state index in [1.54, 1.807) is 22.8 Å². The van der Waals surface area contributed by atoms with Crippen LogP contribution in [0, 0.1) is 42.3 Å². The molecular weight excluding hydrogens is 423 g/mol. The van der Waals surface area contributed by atoms with Gasteiger partial charge in [-0.2, -0.15) is 10.5 Å². The number of aromatic nitrogens is 1. The fourth-order valence-corrected chi connectivity index (χ4v) is 5.42. The van der Waals surface area contributed by atoms with Gasteiger partial charge in [-0.05, 0) is 74.9 Å². The largest absolute Gasteiger partial charge is 0.315 e. The van der Waals surface area contributed by atoms with Crippen molar-refractivity contribution < 1.29 is 9.18 Å². The highest BCUT2D eigenvalue weighted by Gasteiger charge is 2.23. The molecule has 0 saturated carbocycles. The Morgan fingerprint density at radius 2 is 1.97 bits per heavy atom. The molecule has 0 spiro atoms. The molecular formula is C25H21FN4OS. The number of benzene rings is 1. The zero-order valence-corrected chi connectivity index (χ0v) is 18.6. The topological polar surface area (TPSA) is 81.6 Å². The quantitative estimate of drug-likeness (QED) is 0.421. The van der Waals surface area contributed by atoms with E-state index in [0.717, 1.165) is 47.5 Å². The molecule has 1 amide bonds. The Balaban J connectivity index is 1.66. The maximum Gasteiger partial charge on any atom is 0.266 e. The predicted octanol–water partition coefficient (Wildman–Crippen LogP) is 5.59. The SMILES string of the molecule is Cc1cc(/C=C(\C#N)C(=O)Nc2sc3c(c2C#N)CCCC3)c(C)n1-c1ccccc1F. The summed E-state index contributed by atoms with van der Waals surface area (Å²) in [4.78, 5) is 14.0. The molecule has 0 atom stereocenters. The van der Waals surface area contributed by atoms with E-state index in [1.807, 2.05) is 26.0 Å². The number of carbonyl (C=O) groups excluding carboxylic acids is 1. The first kappa shape index (κ1) is 21.5. The highest BCUT2D eigenvalue weighted by atomic mass is 32.1. The van der Waals surface area contributed by atoms with Crippen LogP contribution in [0.3, 0.4) is 0 Å². The summed E-state index contributed by atoms with van der Waals surface area (Å²) < 4.78 is 16.1. The van der Waals surface area contributed by atoms with Crippen molar-refractivity contribution in [3.8, 4) is 17.8 Å². The molecule has 5 nitrogen and oxygen atoms in total. The molecule has 7 heteroatoms. The van der Waals surface area contributed by atoms with Crippen LogP contribution in [0.4, 0.5) is 9.39 Å². The molecule has 0 saturated heterocycles. The van der Waals surface area contributed by atoms with E-state index >= 15 is 0 Å². The van der Waals surface area contributed by atoms with E-state index in [9.17, 15) is 19.7 Å². The Bertz CT molecular complexity index is 1330. The van der Waals surface area contributed by atoms with Crippen LogP contribution >= 0.6 is 11.3 Å². The maximum atomic E-state index is 14.3. The van der Waals surface area contributed by atoms with Crippen LogP contribution in [0.15, 0.2) is 35.9 Å². The normalized spacial score (nSPS) is 13.2. The number of fused-ring (bicyclic) bond motifs is 1. The van der Waals surface area contributed by atoms with Gasteiger partial charge in [-0.15, -0.1) is 11.3 Å². The van der Waals surface area contributed by atoms with E-state index in [0.29, 0.717) is 21.8 Å². The number of hydrogen-bond donors (Lipinski definition) is 1. The minimum Gasteiger partial charge on any atom is -0.315 e. The Labute approximate surface area is 190 Å². The van der Waals surface area contributed by atoms with Crippen LogP contribution in [0.5, 0.6) is 0 Å². The highest BCUT2D eigenvalue weighted by Crippen LogP contribution is 2.37. The van der Waals surface area contributed by atoms with Gasteiger partial charge in [0.2, 0.25) is 0 Å². The lowest BCUT2D eigenvalue weighted by molar-refractivity contribution is -0.112. The van der Waals surface area contributed by atoms with Crippen molar-refractivity contribution in [2.45, 2.75) is 39.5 Å². The molecule has 3 aromatic rings. The van der Waals surface area contributed by atoms with Gasteiger partial charge in [-0.1, -0.05) is 12.1 Å². The van der Waals surface area contributed by atoms with Crippen molar-refractivity contribution in [2.24, 2.45) is 0 Å². The third-order valence-electron chi connectivity index (χ3n) is 5.74. The van der Waals surface area contributed by atoms with Crippen LogP contribution in [-0.2, 0) is 17.6 Å². The first-order valence-electron chi connectivity index (χ1n) is 10.4. The third-order valence-corrected chi connectivity index (χ3v) is 6.95. The highest BCUT2D eigenvalue weighted by molar-refractivity contribution is 7.16. The number of hydrogen-bond acceptors (Lipinski definition) is 4. The first-order chi connectivity index (χ1) is 15.4. The summed E-state index contributed by atoms with van der Waals surface area (Å²) in [7, 11) is 0. The first-order valence-corrected chi connectivity index (χ1v) is 11.2.